The fourth-order valence-corrected chi connectivity index (χ4v) is 2.48. The molecule has 1 aliphatic heterocycles. The van der Waals surface area contributed by atoms with Gasteiger partial charge in [-0.1, -0.05) is 19.9 Å². The number of ketones is 1. The molecule has 0 aromatic heterocycles. The molecule has 1 aromatic rings. The van der Waals surface area contributed by atoms with Gasteiger partial charge >= 0.3 is 0 Å². The molecule has 1 heterocycles. The van der Waals surface area contributed by atoms with Crippen molar-refractivity contribution in [2.75, 3.05) is 18.0 Å². The summed E-state index contributed by atoms with van der Waals surface area (Å²) >= 11 is 0. The molecule has 0 N–H and O–H groups in total. The minimum Gasteiger partial charge on any atom is -0.371 e. The smallest absolute Gasteiger partial charge is 0.164 e. The number of nitrogens with zero attached hydrogens (tertiary/aromatic N) is 1. The van der Waals surface area contributed by atoms with Crippen molar-refractivity contribution >= 4 is 11.5 Å². The molecule has 0 saturated carbocycles. The number of hydrogen-bond donors (Lipinski definition) is 0. The van der Waals surface area contributed by atoms with Crippen molar-refractivity contribution in [2.45, 2.75) is 33.6 Å². The lowest BCUT2D eigenvalue weighted by molar-refractivity contribution is 0.101. The average molecular weight is 249 g/mol. The second-order valence-electron chi connectivity index (χ2n) is 5.84. The summed E-state index contributed by atoms with van der Waals surface area (Å²) in [5, 5.41) is 0. The van der Waals surface area contributed by atoms with Gasteiger partial charge in [-0.05, 0) is 37.3 Å². The molecule has 0 unspecified atom stereocenters. The molecule has 98 valence electrons. The average Bonchev–Trinajstić information content (AvgIpc) is 2.28. The van der Waals surface area contributed by atoms with E-state index in [-0.39, 0.29) is 11.3 Å². The van der Waals surface area contributed by atoms with E-state index in [0.29, 0.717) is 5.41 Å². The summed E-state index contributed by atoms with van der Waals surface area (Å²) < 4.78 is 13.8. The topological polar surface area (TPSA) is 20.3 Å². The Kier molecular flexibility index (Phi) is 3.42. The number of anilines is 1. The van der Waals surface area contributed by atoms with Crippen LogP contribution in [0.4, 0.5) is 10.1 Å². The Bertz CT molecular complexity index is 458. The highest BCUT2D eigenvalue weighted by atomic mass is 19.1. The first-order valence-corrected chi connectivity index (χ1v) is 6.45. The third-order valence-electron chi connectivity index (χ3n) is 3.80. The van der Waals surface area contributed by atoms with E-state index in [2.05, 4.69) is 18.7 Å². The largest absolute Gasteiger partial charge is 0.371 e. The zero-order chi connectivity index (χ0) is 13.3. The number of carbonyl (C=O) groups is 1. The van der Waals surface area contributed by atoms with Gasteiger partial charge < -0.3 is 4.90 Å². The third-order valence-corrected chi connectivity index (χ3v) is 3.80. The van der Waals surface area contributed by atoms with Crippen LogP contribution in [-0.2, 0) is 0 Å². The van der Waals surface area contributed by atoms with Crippen LogP contribution in [0.5, 0.6) is 0 Å². The first-order chi connectivity index (χ1) is 8.41. The van der Waals surface area contributed by atoms with Gasteiger partial charge in [0, 0.05) is 13.1 Å². The highest BCUT2D eigenvalue weighted by molar-refractivity contribution is 6.00. The zero-order valence-corrected chi connectivity index (χ0v) is 11.3. The molecule has 0 amide bonds. The molecule has 2 rings (SSSR count). The van der Waals surface area contributed by atoms with E-state index in [9.17, 15) is 9.18 Å². The van der Waals surface area contributed by atoms with E-state index in [1.165, 1.54) is 13.0 Å². The second kappa shape index (κ2) is 4.71. The Morgan fingerprint density at radius 1 is 1.28 bits per heavy atom. The maximum atomic E-state index is 13.8. The van der Waals surface area contributed by atoms with Crippen LogP contribution in [0, 0.1) is 11.2 Å². The fourth-order valence-electron chi connectivity index (χ4n) is 2.48. The first kappa shape index (κ1) is 13.1. The first-order valence-electron chi connectivity index (χ1n) is 6.45. The molecule has 1 aliphatic rings. The molecule has 2 nitrogen and oxygen atoms in total. The van der Waals surface area contributed by atoms with Crippen LogP contribution in [0.1, 0.15) is 44.0 Å². The zero-order valence-electron chi connectivity index (χ0n) is 11.3. The molecule has 3 heteroatoms. The van der Waals surface area contributed by atoms with Gasteiger partial charge in [0.25, 0.3) is 0 Å². The van der Waals surface area contributed by atoms with E-state index in [1.54, 1.807) is 6.07 Å². The Morgan fingerprint density at radius 2 is 1.89 bits per heavy atom. The predicted octanol–water partition coefficient (Wildman–Crippen LogP) is 3.65. The van der Waals surface area contributed by atoms with Crippen LogP contribution in [0.3, 0.4) is 0 Å². The van der Waals surface area contributed by atoms with Crippen molar-refractivity contribution in [2.24, 2.45) is 5.41 Å². The molecule has 1 saturated heterocycles. The number of rotatable bonds is 2. The lowest BCUT2D eigenvalue weighted by atomic mass is 9.82. The molecular formula is C15H20FNO. The van der Waals surface area contributed by atoms with Crippen LogP contribution < -0.4 is 4.90 Å². The molecule has 1 aromatic carbocycles. The van der Waals surface area contributed by atoms with Crippen LogP contribution in [0.2, 0.25) is 0 Å². The third kappa shape index (κ3) is 2.55. The van der Waals surface area contributed by atoms with Gasteiger partial charge in [-0.3, -0.25) is 4.79 Å². The summed E-state index contributed by atoms with van der Waals surface area (Å²) in [7, 11) is 0. The van der Waals surface area contributed by atoms with Crippen molar-refractivity contribution in [3.8, 4) is 0 Å². The van der Waals surface area contributed by atoms with Gasteiger partial charge in [-0.2, -0.15) is 0 Å². The van der Waals surface area contributed by atoms with Crippen molar-refractivity contribution < 1.29 is 9.18 Å². The summed E-state index contributed by atoms with van der Waals surface area (Å²) in [6.45, 7) is 7.70. The summed E-state index contributed by atoms with van der Waals surface area (Å²) in [6, 6.07) is 4.88. The van der Waals surface area contributed by atoms with E-state index >= 15 is 0 Å². The number of carbonyl (C=O) groups excluding carboxylic acids is 1. The minimum absolute atomic E-state index is 0.201. The number of piperidine rings is 1. The van der Waals surface area contributed by atoms with Crippen molar-refractivity contribution in [3.63, 3.8) is 0 Å². The lowest BCUT2D eigenvalue weighted by Crippen LogP contribution is -2.38. The Balaban J connectivity index is 2.30. The Hall–Kier alpha value is -1.38. The van der Waals surface area contributed by atoms with Gasteiger partial charge in [0.15, 0.2) is 5.78 Å². The monoisotopic (exact) mass is 249 g/mol. The van der Waals surface area contributed by atoms with Gasteiger partial charge in [-0.25, -0.2) is 4.39 Å². The number of Topliss-reactive ketones (excluding diaryl/α,β-unsaturated/α-hetero) is 1. The van der Waals surface area contributed by atoms with Gasteiger partial charge in [0.2, 0.25) is 0 Å². The SMILES string of the molecule is CC(=O)c1c(F)cccc1N1CCC(C)(C)CC1. The molecule has 0 radical (unpaired) electrons. The van der Waals surface area contributed by atoms with Crippen LogP contribution >= 0.6 is 0 Å². The summed E-state index contributed by atoms with van der Waals surface area (Å²) in [6.07, 6.45) is 2.14. The summed E-state index contributed by atoms with van der Waals surface area (Å²) in [5.41, 5.74) is 1.33. The highest BCUT2D eigenvalue weighted by Gasteiger charge is 2.27. The predicted molar refractivity (Wildman–Crippen MR) is 71.6 cm³/mol. The molecule has 0 atom stereocenters. The van der Waals surface area contributed by atoms with Crippen molar-refractivity contribution in [1.82, 2.24) is 0 Å². The molecule has 1 fully saturated rings. The van der Waals surface area contributed by atoms with Crippen molar-refractivity contribution in [1.29, 1.82) is 0 Å². The maximum absolute atomic E-state index is 13.8. The quantitative estimate of drug-likeness (QED) is 0.746. The number of halogens is 1. The van der Waals surface area contributed by atoms with Crippen LogP contribution in [0.25, 0.3) is 0 Å². The molecule has 0 spiro atoms. The van der Waals surface area contributed by atoms with E-state index in [1.807, 2.05) is 6.07 Å². The number of hydrogen-bond acceptors (Lipinski definition) is 2. The number of benzene rings is 1. The minimum atomic E-state index is -0.412. The second-order valence-corrected chi connectivity index (χ2v) is 5.84. The van der Waals surface area contributed by atoms with Gasteiger partial charge in [0.05, 0.1) is 11.3 Å². The van der Waals surface area contributed by atoms with Crippen molar-refractivity contribution in [3.05, 3.63) is 29.6 Å². The summed E-state index contributed by atoms with van der Waals surface area (Å²) in [4.78, 5) is 13.7. The van der Waals surface area contributed by atoms with E-state index in [4.69, 9.17) is 0 Å². The molecule has 0 bridgehead atoms. The van der Waals surface area contributed by atoms with Gasteiger partial charge in [0.1, 0.15) is 5.82 Å². The molecule has 18 heavy (non-hydrogen) atoms. The summed E-state index contributed by atoms with van der Waals surface area (Å²) in [5.74, 6) is -0.613. The maximum Gasteiger partial charge on any atom is 0.164 e. The molecule has 0 aliphatic carbocycles. The fraction of sp³-hybridized carbons (Fsp3) is 0.533. The van der Waals surface area contributed by atoms with Crippen LogP contribution in [-0.4, -0.2) is 18.9 Å². The van der Waals surface area contributed by atoms with E-state index < -0.39 is 5.82 Å². The highest BCUT2D eigenvalue weighted by Crippen LogP contribution is 2.34. The standard InChI is InChI=1S/C15H20FNO/c1-11(18)14-12(16)5-4-6-13(14)17-9-7-15(2,3)8-10-17/h4-6H,7-10H2,1-3H3. The van der Waals surface area contributed by atoms with E-state index in [0.717, 1.165) is 31.6 Å². The normalized spacial score (nSPS) is 18.8. The van der Waals surface area contributed by atoms with Crippen LogP contribution in [0.15, 0.2) is 18.2 Å². The Morgan fingerprint density at radius 3 is 2.44 bits per heavy atom. The lowest BCUT2D eigenvalue weighted by Gasteiger charge is -2.38. The van der Waals surface area contributed by atoms with Gasteiger partial charge in [-0.15, -0.1) is 0 Å². The Labute approximate surface area is 108 Å². The molecular weight excluding hydrogens is 229 g/mol.